The van der Waals surface area contributed by atoms with Crippen LogP contribution in [0.25, 0.3) is 11.0 Å². The molecule has 0 saturated carbocycles. The maximum atomic E-state index is 10.5. The number of hydrogen-bond acceptors (Lipinski definition) is 2. The van der Waals surface area contributed by atoms with Crippen LogP contribution in [0.1, 0.15) is 11.4 Å². The zero-order chi connectivity index (χ0) is 11.0. The van der Waals surface area contributed by atoms with Crippen LogP contribution in [0.15, 0.2) is 16.6 Å². The highest BCUT2D eigenvalue weighted by Gasteiger charge is 2.09. The van der Waals surface area contributed by atoms with Gasteiger partial charge in [0.25, 0.3) is 0 Å². The fraction of sp³-hybridized carbons (Fsp3) is 0.273. The molecule has 0 aliphatic heterocycles. The number of aldehydes is 1. The maximum absolute atomic E-state index is 10.5. The molecular formula is C11H11BrN2O. The lowest BCUT2D eigenvalue weighted by molar-refractivity contribution is -0.107. The van der Waals surface area contributed by atoms with Crippen molar-refractivity contribution in [2.45, 2.75) is 13.3 Å². The van der Waals surface area contributed by atoms with E-state index in [0.717, 1.165) is 33.2 Å². The summed E-state index contributed by atoms with van der Waals surface area (Å²) in [6, 6.07) is 3.93. The molecule has 0 saturated heterocycles. The number of benzene rings is 1. The summed E-state index contributed by atoms with van der Waals surface area (Å²) in [6.45, 7) is 1.96. The summed E-state index contributed by atoms with van der Waals surface area (Å²) in [7, 11) is 1.98. The van der Waals surface area contributed by atoms with Gasteiger partial charge in [-0.15, -0.1) is 0 Å². The van der Waals surface area contributed by atoms with Crippen molar-refractivity contribution in [1.82, 2.24) is 9.55 Å². The number of carbonyl (C=O) groups excluding carboxylic acids is 1. The van der Waals surface area contributed by atoms with Crippen LogP contribution in [0, 0.1) is 6.92 Å². The minimum absolute atomic E-state index is 0.435. The van der Waals surface area contributed by atoms with Gasteiger partial charge in [-0.1, -0.05) is 0 Å². The predicted octanol–water partition coefficient (Wildman–Crippen LogP) is 2.39. The first kappa shape index (κ1) is 10.4. The van der Waals surface area contributed by atoms with E-state index in [4.69, 9.17) is 0 Å². The third-order valence-corrected chi connectivity index (χ3v) is 3.13. The highest BCUT2D eigenvalue weighted by Crippen LogP contribution is 2.26. The number of nitrogens with zero attached hydrogens (tertiary/aromatic N) is 2. The van der Waals surface area contributed by atoms with Gasteiger partial charge < -0.3 is 9.36 Å². The van der Waals surface area contributed by atoms with Gasteiger partial charge in [-0.05, 0) is 40.5 Å². The fourth-order valence-electron chi connectivity index (χ4n) is 1.68. The molecule has 0 fully saturated rings. The molecule has 1 aromatic carbocycles. The van der Waals surface area contributed by atoms with Crippen molar-refractivity contribution in [3.05, 3.63) is 28.0 Å². The molecule has 0 aliphatic carbocycles. The number of aryl methyl sites for hydroxylation is 2. The van der Waals surface area contributed by atoms with Crippen molar-refractivity contribution in [2.75, 3.05) is 0 Å². The number of halogens is 1. The van der Waals surface area contributed by atoms with Crippen LogP contribution < -0.4 is 0 Å². The minimum Gasteiger partial charge on any atom is -0.330 e. The smallest absolute Gasteiger partial charge is 0.124 e. The second kappa shape index (κ2) is 3.77. The summed E-state index contributed by atoms with van der Waals surface area (Å²) in [5.41, 5.74) is 2.99. The Hall–Kier alpha value is -1.16. The monoisotopic (exact) mass is 266 g/mol. The minimum atomic E-state index is 0.435. The molecule has 0 unspecified atom stereocenters. The molecule has 0 bridgehead atoms. The molecule has 0 spiro atoms. The van der Waals surface area contributed by atoms with Crippen molar-refractivity contribution < 1.29 is 4.79 Å². The van der Waals surface area contributed by atoms with Crippen LogP contribution in [-0.4, -0.2) is 15.8 Å². The number of imidazole rings is 1. The number of aromatic nitrogens is 2. The molecule has 15 heavy (non-hydrogen) atoms. The summed E-state index contributed by atoms with van der Waals surface area (Å²) in [4.78, 5) is 14.9. The van der Waals surface area contributed by atoms with Gasteiger partial charge >= 0.3 is 0 Å². The van der Waals surface area contributed by atoms with Gasteiger partial charge in [0.2, 0.25) is 0 Å². The molecule has 0 aliphatic rings. The number of carbonyl (C=O) groups is 1. The second-order valence-electron chi connectivity index (χ2n) is 3.53. The average molecular weight is 267 g/mol. The van der Waals surface area contributed by atoms with E-state index < -0.39 is 0 Å². The molecule has 0 N–H and O–H groups in total. The van der Waals surface area contributed by atoms with Gasteiger partial charge in [0.05, 0.1) is 11.0 Å². The molecule has 3 nitrogen and oxygen atoms in total. The van der Waals surface area contributed by atoms with Crippen molar-refractivity contribution in [2.24, 2.45) is 7.05 Å². The van der Waals surface area contributed by atoms with Gasteiger partial charge in [-0.3, -0.25) is 0 Å². The molecule has 4 heteroatoms. The van der Waals surface area contributed by atoms with E-state index >= 15 is 0 Å². The summed E-state index contributed by atoms with van der Waals surface area (Å²) in [5.74, 6) is 0.967. The third-order valence-electron chi connectivity index (χ3n) is 2.53. The normalized spacial score (nSPS) is 10.9. The van der Waals surface area contributed by atoms with E-state index in [1.807, 2.05) is 30.7 Å². The Kier molecular flexibility index (Phi) is 2.61. The van der Waals surface area contributed by atoms with Crippen LogP contribution in [0.4, 0.5) is 0 Å². The van der Waals surface area contributed by atoms with Gasteiger partial charge in [0, 0.05) is 17.9 Å². The van der Waals surface area contributed by atoms with Gasteiger partial charge in [-0.25, -0.2) is 4.98 Å². The lowest BCUT2D eigenvalue weighted by Crippen LogP contribution is -1.92. The molecular weight excluding hydrogens is 256 g/mol. The van der Waals surface area contributed by atoms with Crippen molar-refractivity contribution >= 4 is 33.2 Å². The summed E-state index contributed by atoms with van der Waals surface area (Å²) < 4.78 is 3.02. The van der Waals surface area contributed by atoms with Crippen molar-refractivity contribution in [1.29, 1.82) is 0 Å². The number of rotatable bonds is 2. The Morgan fingerprint density at radius 3 is 2.93 bits per heavy atom. The van der Waals surface area contributed by atoms with E-state index in [9.17, 15) is 4.79 Å². The largest absolute Gasteiger partial charge is 0.330 e. The van der Waals surface area contributed by atoms with Crippen molar-refractivity contribution in [3.8, 4) is 0 Å². The summed E-state index contributed by atoms with van der Waals surface area (Å²) >= 11 is 3.51. The maximum Gasteiger partial charge on any atom is 0.124 e. The second-order valence-corrected chi connectivity index (χ2v) is 4.39. The molecule has 1 aromatic heterocycles. The molecule has 0 amide bonds. The Morgan fingerprint density at radius 1 is 1.53 bits per heavy atom. The number of fused-ring (bicyclic) bond motifs is 1. The van der Waals surface area contributed by atoms with Crippen LogP contribution in [0.5, 0.6) is 0 Å². The van der Waals surface area contributed by atoms with E-state index in [2.05, 4.69) is 20.9 Å². The summed E-state index contributed by atoms with van der Waals surface area (Å²) in [6.07, 6.45) is 1.34. The molecule has 0 radical (unpaired) electrons. The third kappa shape index (κ3) is 1.69. The fourth-order valence-corrected chi connectivity index (χ4v) is 2.44. The van der Waals surface area contributed by atoms with Crippen LogP contribution in [-0.2, 0) is 18.3 Å². The quantitative estimate of drug-likeness (QED) is 0.783. The van der Waals surface area contributed by atoms with Gasteiger partial charge in [-0.2, -0.15) is 0 Å². The molecule has 1 heterocycles. The standard InChI is InChI=1S/C11H11BrN2O/c1-7-13-10-6-8(3-4-15)5-9(12)11(10)14(7)2/h4-6H,3H2,1-2H3. The highest BCUT2D eigenvalue weighted by molar-refractivity contribution is 9.10. The van der Waals surface area contributed by atoms with E-state index in [0.29, 0.717) is 6.42 Å². The first-order valence-corrected chi connectivity index (χ1v) is 5.48. The molecule has 0 atom stereocenters. The summed E-state index contributed by atoms with van der Waals surface area (Å²) in [5, 5.41) is 0. The van der Waals surface area contributed by atoms with Crippen LogP contribution >= 0.6 is 15.9 Å². The first-order chi connectivity index (χ1) is 7.13. The topological polar surface area (TPSA) is 34.9 Å². The lowest BCUT2D eigenvalue weighted by atomic mass is 10.1. The van der Waals surface area contributed by atoms with Gasteiger partial charge in [0.15, 0.2) is 0 Å². The number of hydrogen-bond donors (Lipinski definition) is 0. The zero-order valence-electron chi connectivity index (χ0n) is 8.62. The van der Waals surface area contributed by atoms with E-state index in [1.165, 1.54) is 0 Å². The van der Waals surface area contributed by atoms with E-state index in [1.54, 1.807) is 0 Å². The van der Waals surface area contributed by atoms with Crippen molar-refractivity contribution in [3.63, 3.8) is 0 Å². The Labute approximate surface area is 96.2 Å². The highest BCUT2D eigenvalue weighted by atomic mass is 79.9. The molecule has 78 valence electrons. The zero-order valence-corrected chi connectivity index (χ0v) is 10.2. The molecule has 2 rings (SSSR count). The van der Waals surface area contributed by atoms with Gasteiger partial charge in [0.1, 0.15) is 12.1 Å². The lowest BCUT2D eigenvalue weighted by Gasteiger charge is -2.01. The average Bonchev–Trinajstić information content (AvgIpc) is 2.43. The molecule has 2 aromatic rings. The first-order valence-electron chi connectivity index (χ1n) is 4.68. The van der Waals surface area contributed by atoms with Crippen LogP contribution in [0.3, 0.4) is 0 Å². The van der Waals surface area contributed by atoms with E-state index in [-0.39, 0.29) is 0 Å². The Balaban J connectivity index is 2.72. The van der Waals surface area contributed by atoms with Crippen LogP contribution in [0.2, 0.25) is 0 Å². The SMILES string of the molecule is Cc1nc2cc(CC=O)cc(Br)c2n1C. The predicted molar refractivity (Wildman–Crippen MR) is 62.9 cm³/mol. The Morgan fingerprint density at radius 2 is 2.27 bits per heavy atom. The Bertz CT molecular complexity index is 531.